The van der Waals surface area contributed by atoms with E-state index in [9.17, 15) is 18.0 Å². The highest BCUT2D eigenvalue weighted by molar-refractivity contribution is 7.89. The van der Waals surface area contributed by atoms with E-state index in [2.05, 4.69) is 0 Å². The summed E-state index contributed by atoms with van der Waals surface area (Å²) in [6.07, 6.45) is 0. The van der Waals surface area contributed by atoms with E-state index < -0.39 is 10.0 Å². The molecular weight excluding hydrogens is 408 g/mol. The molecule has 0 radical (unpaired) electrons. The Kier molecular flexibility index (Phi) is 5.24. The minimum Gasteiger partial charge on any atom is -0.335 e. The van der Waals surface area contributed by atoms with Crippen molar-refractivity contribution in [1.82, 2.24) is 9.21 Å². The van der Waals surface area contributed by atoms with Gasteiger partial charge in [0.2, 0.25) is 10.0 Å². The van der Waals surface area contributed by atoms with Crippen LogP contribution in [0, 0.1) is 0 Å². The molecule has 1 aliphatic heterocycles. The molecular formula is C21H20N2O4S2. The van der Waals surface area contributed by atoms with Crippen LogP contribution < -0.4 is 0 Å². The highest BCUT2D eigenvalue weighted by Crippen LogP contribution is 2.24. The predicted octanol–water partition coefficient (Wildman–Crippen LogP) is 3.25. The second kappa shape index (κ2) is 7.70. The van der Waals surface area contributed by atoms with Gasteiger partial charge in [-0.1, -0.05) is 30.3 Å². The fourth-order valence-corrected chi connectivity index (χ4v) is 5.73. The van der Waals surface area contributed by atoms with Crippen LogP contribution >= 0.6 is 11.3 Å². The molecule has 150 valence electrons. The molecule has 0 spiro atoms. The van der Waals surface area contributed by atoms with Crippen LogP contribution in [0.15, 0.2) is 59.5 Å². The number of hydrogen-bond acceptors (Lipinski definition) is 5. The summed E-state index contributed by atoms with van der Waals surface area (Å²) in [5.74, 6) is -0.231. The molecule has 0 aliphatic carbocycles. The third-order valence-electron chi connectivity index (χ3n) is 5.05. The maximum Gasteiger partial charge on any atom is 0.264 e. The molecule has 4 rings (SSSR count). The SMILES string of the molecule is CC(=O)c1ccc(C(=O)N2CCN(S(=O)(=O)c3ccc4ccccc4c3)CC2)s1. The minimum absolute atomic E-state index is 0.0691. The van der Waals surface area contributed by atoms with Crippen LogP contribution in [0.2, 0.25) is 0 Å². The molecule has 0 unspecified atom stereocenters. The zero-order valence-corrected chi connectivity index (χ0v) is 17.5. The summed E-state index contributed by atoms with van der Waals surface area (Å²) in [5, 5.41) is 1.86. The topological polar surface area (TPSA) is 74.8 Å². The number of ketones is 1. The Morgan fingerprint density at radius 3 is 2.17 bits per heavy atom. The maximum absolute atomic E-state index is 13.0. The van der Waals surface area contributed by atoms with Crippen LogP contribution in [0.25, 0.3) is 10.8 Å². The Morgan fingerprint density at radius 1 is 0.862 bits per heavy atom. The lowest BCUT2D eigenvalue weighted by molar-refractivity contribution is 0.0702. The number of carbonyl (C=O) groups excluding carboxylic acids is 2. The average Bonchev–Trinajstić information content (AvgIpc) is 3.23. The first-order chi connectivity index (χ1) is 13.9. The normalized spacial score (nSPS) is 15.6. The van der Waals surface area contributed by atoms with E-state index in [1.54, 1.807) is 29.2 Å². The van der Waals surface area contributed by atoms with Crippen LogP contribution in [-0.2, 0) is 10.0 Å². The van der Waals surface area contributed by atoms with Crippen LogP contribution in [0.3, 0.4) is 0 Å². The quantitative estimate of drug-likeness (QED) is 0.598. The van der Waals surface area contributed by atoms with E-state index in [0.717, 1.165) is 10.8 Å². The molecule has 1 fully saturated rings. The van der Waals surface area contributed by atoms with E-state index in [0.29, 0.717) is 22.8 Å². The lowest BCUT2D eigenvalue weighted by Crippen LogP contribution is -2.50. The Balaban J connectivity index is 1.47. The van der Waals surface area contributed by atoms with Crippen molar-refractivity contribution in [3.8, 4) is 0 Å². The number of fused-ring (bicyclic) bond motifs is 1. The van der Waals surface area contributed by atoms with E-state index in [-0.39, 0.29) is 29.7 Å². The number of carbonyl (C=O) groups is 2. The number of hydrogen-bond donors (Lipinski definition) is 0. The number of nitrogens with zero attached hydrogens (tertiary/aromatic N) is 2. The second-order valence-electron chi connectivity index (χ2n) is 6.93. The molecule has 8 heteroatoms. The van der Waals surface area contributed by atoms with Gasteiger partial charge in [0.1, 0.15) is 0 Å². The first-order valence-corrected chi connectivity index (χ1v) is 11.5. The molecule has 0 N–H and O–H groups in total. The van der Waals surface area contributed by atoms with Crippen LogP contribution in [0.1, 0.15) is 26.3 Å². The highest BCUT2D eigenvalue weighted by atomic mass is 32.2. The fourth-order valence-electron chi connectivity index (χ4n) is 3.41. The largest absolute Gasteiger partial charge is 0.335 e. The van der Waals surface area contributed by atoms with E-state index in [1.807, 2.05) is 30.3 Å². The Morgan fingerprint density at radius 2 is 1.52 bits per heavy atom. The van der Waals surface area contributed by atoms with Gasteiger partial charge in [0.15, 0.2) is 5.78 Å². The summed E-state index contributed by atoms with van der Waals surface area (Å²) in [5.41, 5.74) is 0. The van der Waals surface area contributed by atoms with Gasteiger partial charge in [0.05, 0.1) is 14.6 Å². The lowest BCUT2D eigenvalue weighted by Gasteiger charge is -2.33. The predicted molar refractivity (Wildman–Crippen MR) is 113 cm³/mol. The molecule has 0 bridgehead atoms. The van der Waals surface area contributed by atoms with Crippen molar-refractivity contribution >= 4 is 43.8 Å². The zero-order chi connectivity index (χ0) is 20.6. The van der Waals surface area contributed by atoms with Crippen molar-refractivity contribution in [3.63, 3.8) is 0 Å². The van der Waals surface area contributed by atoms with Crippen molar-refractivity contribution in [1.29, 1.82) is 0 Å². The second-order valence-corrected chi connectivity index (χ2v) is 9.95. The molecule has 0 saturated carbocycles. The van der Waals surface area contributed by atoms with E-state index in [4.69, 9.17) is 0 Å². The third kappa shape index (κ3) is 3.83. The van der Waals surface area contributed by atoms with Crippen molar-refractivity contribution in [2.24, 2.45) is 0 Å². The fraction of sp³-hybridized carbons (Fsp3) is 0.238. The van der Waals surface area contributed by atoms with Gasteiger partial charge in [0, 0.05) is 26.2 Å². The van der Waals surface area contributed by atoms with Gasteiger partial charge in [-0.15, -0.1) is 11.3 Å². The molecule has 1 aliphatic rings. The van der Waals surface area contributed by atoms with Crippen LogP contribution in [0.4, 0.5) is 0 Å². The lowest BCUT2D eigenvalue weighted by atomic mass is 10.1. The van der Waals surface area contributed by atoms with Gasteiger partial charge in [0.25, 0.3) is 5.91 Å². The smallest absolute Gasteiger partial charge is 0.264 e. The van der Waals surface area contributed by atoms with Crippen molar-refractivity contribution in [2.45, 2.75) is 11.8 Å². The number of piperazine rings is 1. The monoisotopic (exact) mass is 428 g/mol. The number of amides is 1. The third-order valence-corrected chi connectivity index (χ3v) is 8.12. The summed E-state index contributed by atoms with van der Waals surface area (Å²) < 4.78 is 27.5. The number of thiophene rings is 1. The molecule has 6 nitrogen and oxygen atoms in total. The van der Waals surface area contributed by atoms with Crippen molar-refractivity contribution in [2.75, 3.05) is 26.2 Å². The van der Waals surface area contributed by atoms with Crippen molar-refractivity contribution < 1.29 is 18.0 Å². The number of Topliss-reactive ketones (excluding diaryl/α,β-unsaturated/α-hetero) is 1. The molecule has 1 aromatic heterocycles. The van der Waals surface area contributed by atoms with Gasteiger partial charge < -0.3 is 4.90 Å². The molecule has 29 heavy (non-hydrogen) atoms. The summed E-state index contributed by atoms with van der Waals surface area (Å²) in [4.78, 5) is 27.1. The maximum atomic E-state index is 13.0. The summed E-state index contributed by atoms with van der Waals surface area (Å²) >= 11 is 1.17. The van der Waals surface area contributed by atoms with Gasteiger partial charge in [-0.05, 0) is 42.0 Å². The number of rotatable bonds is 4. The molecule has 1 saturated heterocycles. The number of benzene rings is 2. The Labute approximate surface area is 173 Å². The van der Waals surface area contributed by atoms with Gasteiger partial charge in [-0.3, -0.25) is 9.59 Å². The first kappa shape index (κ1) is 19.8. The zero-order valence-electron chi connectivity index (χ0n) is 15.9. The highest BCUT2D eigenvalue weighted by Gasteiger charge is 2.31. The molecule has 0 atom stereocenters. The van der Waals surface area contributed by atoms with Crippen molar-refractivity contribution in [3.05, 3.63) is 64.4 Å². The molecule has 2 heterocycles. The van der Waals surface area contributed by atoms with Gasteiger partial charge >= 0.3 is 0 Å². The van der Waals surface area contributed by atoms with E-state index >= 15 is 0 Å². The standard InChI is InChI=1S/C21H20N2O4S2/c1-15(24)19-8-9-20(28-19)21(25)22-10-12-23(13-11-22)29(26,27)18-7-6-16-4-2-3-5-17(16)14-18/h2-9,14H,10-13H2,1H3. The van der Waals surface area contributed by atoms with Crippen LogP contribution in [-0.4, -0.2) is 55.5 Å². The van der Waals surface area contributed by atoms with Gasteiger partial charge in [-0.2, -0.15) is 4.31 Å². The molecule has 1 amide bonds. The van der Waals surface area contributed by atoms with E-state index in [1.165, 1.54) is 22.6 Å². The Hall–Kier alpha value is -2.55. The minimum atomic E-state index is -3.62. The summed E-state index contributed by atoms with van der Waals surface area (Å²) in [6, 6.07) is 16.1. The van der Waals surface area contributed by atoms with Gasteiger partial charge in [-0.25, -0.2) is 8.42 Å². The van der Waals surface area contributed by atoms with Crippen LogP contribution in [0.5, 0.6) is 0 Å². The average molecular weight is 429 g/mol. The molecule has 3 aromatic rings. The summed E-state index contributed by atoms with van der Waals surface area (Å²) in [6.45, 7) is 2.59. The Bertz CT molecular complexity index is 1190. The summed E-state index contributed by atoms with van der Waals surface area (Å²) in [7, 11) is -3.62. The molecule has 2 aromatic carbocycles. The first-order valence-electron chi connectivity index (χ1n) is 9.25. The number of sulfonamides is 1.